The van der Waals surface area contributed by atoms with E-state index in [2.05, 4.69) is 15.9 Å². The molecule has 0 saturated heterocycles. The van der Waals surface area contributed by atoms with Crippen LogP contribution in [0.4, 0.5) is 4.39 Å². The number of hydrogen-bond donors (Lipinski definition) is 0. The Morgan fingerprint density at radius 3 is 2.67 bits per heavy atom. The minimum Gasteiger partial charge on any atom is -0.486 e. The molecular weight excluding hydrogens is 295 g/mol. The van der Waals surface area contributed by atoms with Gasteiger partial charge in [0.2, 0.25) is 0 Å². The molecule has 0 spiro atoms. The first-order valence-corrected chi connectivity index (χ1v) is 6.34. The second kappa shape index (κ2) is 6.36. The van der Waals surface area contributed by atoms with Crippen LogP contribution in [0.15, 0.2) is 59.1 Å². The molecule has 0 heterocycles. The molecule has 0 bridgehead atoms. The first kappa shape index (κ1) is 12.8. The molecule has 0 N–H and O–H groups in total. The van der Waals surface area contributed by atoms with Crippen LogP contribution in [0.2, 0.25) is 0 Å². The van der Waals surface area contributed by atoms with E-state index in [4.69, 9.17) is 4.74 Å². The number of rotatable bonds is 4. The van der Waals surface area contributed by atoms with Crippen molar-refractivity contribution in [1.29, 1.82) is 0 Å². The molecule has 0 aromatic heterocycles. The van der Waals surface area contributed by atoms with Gasteiger partial charge in [-0.15, -0.1) is 0 Å². The molecule has 0 atom stereocenters. The summed E-state index contributed by atoms with van der Waals surface area (Å²) < 4.78 is 19.5. The van der Waals surface area contributed by atoms with Crippen molar-refractivity contribution in [2.24, 2.45) is 0 Å². The van der Waals surface area contributed by atoms with Gasteiger partial charge in [-0.05, 0) is 29.8 Å². The lowest BCUT2D eigenvalue weighted by Crippen LogP contribution is -1.95. The van der Waals surface area contributed by atoms with Gasteiger partial charge in [0.1, 0.15) is 6.61 Å². The van der Waals surface area contributed by atoms with Crippen LogP contribution in [-0.2, 0) is 0 Å². The van der Waals surface area contributed by atoms with E-state index in [-0.39, 0.29) is 11.6 Å². The molecule has 0 radical (unpaired) electrons. The summed E-state index contributed by atoms with van der Waals surface area (Å²) in [6.45, 7) is 0.336. The standard InChI is InChI=1S/C15H12BrFO/c16-13-8-9-14(17)15(11-13)18-10-4-7-12-5-2-1-3-6-12/h1-9,11H,10H2/b7-4+. The summed E-state index contributed by atoms with van der Waals surface area (Å²) in [5, 5.41) is 0. The van der Waals surface area contributed by atoms with Gasteiger partial charge in [0.05, 0.1) is 0 Å². The Kier molecular flexibility index (Phi) is 4.53. The Bertz CT molecular complexity index is 537. The SMILES string of the molecule is Fc1ccc(Br)cc1OC/C=C/c1ccccc1. The fourth-order valence-electron chi connectivity index (χ4n) is 1.47. The molecule has 2 aromatic rings. The summed E-state index contributed by atoms with van der Waals surface area (Å²) >= 11 is 3.28. The predicted octanol–water partition coefficient (Wildman–Crippen LogP) is 4.68. The summed E-state index contributed by atoms with van der Waals surface area (Å²) in [6, 6.07) is 14.5. The number of benzene rings is 2. The van der Waals surface area contributed by atoms with E-state index < -0.39 is 0 Å². The van der Waals surface area contributed by atoms with Gasteiger partial charge in [0.25, 0.3) is 0 Å². The van der Waals surface area contributed by atoms with Crippen LogP contribution < -0.4 is 4.74 Å². The number of hydrogen-bond acceptors (Lipinski definition) is 1. The molecular formula is C15H12BrFO. The topological polar surface area (TPSA) is 9.23 Å². The van der Waals surface area contributed by atoms with Gasteiger partial charge in [-0.3, -0.25) is 0 Å². The summed E-state index contributed by atoms with van der Waals surface area (Å²) in [5.41, 5.74) is 1.09. The highest BCUT2D eigenvalue weighted by molar-refractivity contribution is 9.10. The van der Waals surface area contributed by atoms with E-state index in [1.807, 2.05) is 42.5 Å². The summed E-state index contributed by atoms with van der Waals surface area (Å²) in [4.78, 5) is 0. The third-order valence-electron chi connectivity index (χ3n) is 2.34. The number of halogens is 2. The van der Waals surface area contributed by atoms with Crippen molar-refractivity contribution in [3.63, 3.8) is 0 Å². The van der Waals surface area contributed by atoms with Crippen LogP contribution >= 0.6 is 15.9 Å². The maximum absolute atomic E-state index is 13.3. The highest BCUT2D eigenvalue weighted by atomic mass is 79.9. The van der Waals surface area contributed by atoms with Crippen LogP contribution in [0, 0.1) is 5.82 Å². The second-order valence-electron chi connectivity index (χ2n) is 3.70. The molecule has 0 fully saturated rings. The van der Waals surface area contributed by atoms with Crippen molar-refractivity contribution in [3.8, 4) is 5.75 Å². The molecule has 92 valence electrons. The third-order valence-corrected chi connectivity index (χ3v) is 2.83. The highest BCUT2D eigenvalue weighted by Gasteiger charge is 2.02. The zero-order valence-corrected chi connectivity index (χ0v) is 11.2. The summed E-state index contributed by atoms with van der Waals surface area (Å²) in [7, 11) is 0. The zero-order valence-electron chi connectivity index (χ0n) is 9.64. The fraction of sp³-hybridized carbons (Fsp3) is 0.0667. The quantitative estimate of drug-likeness (QED) is 0.797. The monoisotopic (exact) mass is 306 g/mol. The van der Waals surface area contributed by atoms with E-state index in [9.17, 15) is 4.39 Å². The largest absolute Gasteiger partial charge is 0.486 e. The lowest BCUT2D eigenvalue weighted by Gasteiger charge is -2.04. The van der Waals surface area contributed by atoms with Gasteiger partial charge in [0.15, 0.2) is 11.6 Å². The Balaban J connectivity index is 1.92. The van der Waals surface area contributed by atoms with Gasteiger partial charge >= 0.3 is 0 Å². The van der Waals surface area contributed by atoms with Gasteiger partial charge in [0, 0.05) is 4.47 Å². The molecule has 0 unspecified atom stereocenters. The normalized spacial score (nSPS) is 10.8. The maximum atomic E-state index is 13.3. The Morgan fingerprint density at radius 2 is 1.89 bits per heavy atom. The van der Waals surface area contributed by atoms with E-state index in [0.29, 0.717) is 6.61 Å². The summed E-state index contributed by atoms with van der Waals surface area (Å²) in [5.74, 6) is -0.103. The Labute approximate surface area is 114 Å². The Hall–Kier alpha value is -1.61. The van der Waals surface area contributed by atoms with E-state index in [0.717, 1.165) is 10.0 Å². The minimum atomic E-state index is -0.355. The lowest BCUT2D eigenvalue weighted by atomic mass is 10.2. The van der Waals surface area contributed by atoms with E-state index in [1.54, 1.807) is 12.1 Å². The smallest absolute Gasteiger partial charge is 0.165 e. The van der Waals surface area contributed by atoms with Gasteiger partial charge in [-0.1, -0.05) is 52.3 Å². The van der Waals surface area contributed by atoms with Crippen molar-refractivity contribution in [2.45, 2.75) is 0 Å². The average Bonchev–Trinajstić information content (AvgIpc) is 2.40. The predicted molar refractivity (Wildman–Crippen MR) is 75.1 cm³/mol. The molecule has 0 amide bonds. The molecule has 2 rings (SSSR count). The first-order chi connectivity index (χ1) is 8.75. The minimum absolute atomic E-state index is 0.252. The van der Waals surface area contributed by atoms with Crippen molar-refractivity contribution in [2.75, 3.05) is 6.61 Å². The average molecular weight is 307 g/mol. The van der Waals surface area contributed by atoms with Crippen LogP contribution in [0.1, 0.15) is 5.56 Å². The van der Waals surface area contributed by atoms with Crippen LogP contribution in [-0.4, -0.2) is 6.61 Å². The first-order valence-electron chi connectivity index (χ1n) is 5.55. The lowest BCUT2D eigenvalue weighted by molar-refractivity contribution is 0.342. The molecule has 18 heavy (non-hydrogen) atoms. The summed E-state index contributed by atoms with van der Waals surface area (Å²) in [6.07, 6.45) is 3.80. The van der Waals surface area contributed by atoms with E-state index in [1.165, 1.54) is 6.07 Å². The molecule has 3 heteroatoms. The molecule has 0 saturated carbocycles. The van der Waals surface area contributed by atoms with E-state index >= 15 is 0 Å². The van der Waals surface area contributed by atoms with Crippen molar-refractivity contribution in [3.05, 3.63) is 70.5 Å². The molecule has 2 aromatic carbocycles. The molecule has 0 aliphatic heterocycles. The highest BCUT2D eigenvalue weighted by Crippen LogP contribution is 2.22. The van der Waals surface area contributed by atoms with Crippen LogP contribution in [0.25, 0.3) is 6.08 Å². The van der Waals surface area contributed by atoms with Gasteiger partial charge < -0.3 is 4.74 Å². The molecule has 1 nitrogen and oxygen atoms in total. The second-order valence-corrected chi connectivity index (χ2v) is 4.61. The molecule has 0 aliphatic rings. The molecule has 0 aliphatic carbocycles. The van der Waals surface area contributed by atoms with Crippen LogP contribution in [0.5, 0.6) is 5.75 Å². The fourth-order valence-corrected chi connectivity index (χ4v) is 1.81. The van der Waals surface area contributed by atoms with Crippen LogP contribution in [0.3, 0.4) is 0 Å². The van der Waals surface area contributed by atoms with Crippen molar-refractivity contribution in [1.82, 2.24) is 0 Å². The van der Waals surface area contributed by atoms with Crippen molar-refractivity contribution < 1.29 is 9.13 Å². The van der Waals surface area contributed by atoms with Crippen molar-refractivity contribution >= 4 is 22.0 Å². The van der Waals surface area contributed by atoms with Gasteiger partial charge in [-0.25, -0.2) is 4.39 Å². The third kappa shape index (κ3) is 3.70. The zero-order chi connectivity index (χ0) is 12.8. The Morgan fingerprint density at radius 1 is 1.11 bits per heavy atom. The number of ether oxygens (including phenoxy) is 1. The maximum Gasteiger partial charge on any atom is 0.165 e. The van der Waals surface area contributed by atoms with Gasteiger partial charge in [-0.2, -0.15) is 0 Å².